The summed E-state index contributed by atoms with van der Waals surface area (Å²) in [7, 11) is 2.01. The van der Waals surface area contributed by atoms with E-state index in [2.05, 4.69) is 4.90 Å². The highest BCUT2D eigenvalue weighted by atomic mass is 19.2. The van der Waals surface area contributed by atoms with E-state index < -0.39 is 11.6 Å². The van der Waals surface area contributed by atoms with Crippen molar-refractivity contribution in [3.8, 4) is 0 Å². The molecule has 0 spiro atoms. The summed E-state index contributed by atoms with van der Waals surface area (Å²) in [5, 5.41) is 0. The molecule has 1 aromatic rings. The highest BCUT2D eigenvalue weighted by Crippen LogP contribution is 2.18. The topological polar surface area (TPSA) is 38.5 Å². The van der Waals surface area contributed by atoms with E-state index in [0.29, 0.717) is 18.0 Å². The lowest BCUT2D eigenvalue weighted by molar-refractivity contribution is 0.0551. The van der Waals surface area contributed by atoms with Crippen molar-refractivity contribution < 1.29 is 13.5 Å². The zero-order chi connectivity index (χ0) is 14.5. The second-order valence-corrected chi connectivity index (χ2v) is 5.56. The fraction of sp³-hybridized carbons (Fsp3) is 0.600. The molecule has 0 amide bonds. The molecule has 1 aromatic carbocycles. The van der Waals surface area contributed by atoms with E-state index in [-0.39, 0.29) is 6.04 Å². The van der Waals surface area contributed by atoms with E-state index in [1.165, 1.54) is 6.07 Å². The lowest BCUT2D eigenvalue weighted by Crippen LogP contribution is -2.34. The maximum Gasteiger partial charge on any atom is 0.159 e. The first-order valence-electron chi connectivity index (χ1n) is 7.03. The summed E-state index contributed by atoms with van der Waals surface area (Å²) < 4.78 is 31.4. The number of nitrogens with zero attached hydrogens (tertiary/aromatic N) is 1. The quantitative estimate of drug-likeness (QED) is 0.902. The van der Waals surface area contributed by atoms with Gasteiger partial charge in [-0.05, 0) is 43.5 Å². The Hall–Kier alpha value is -1.04. The molecule has 0 bridgehead atoms. The number of nitrogens with two attached hydrogens (primary N) is 1. The average molecular weight is 284 g/mol. The van der Waals surface area contributed by atoms with Crippen LogP contribution in [-0.4, -0.2) is 38.3 Å². The third kappa shape index (κ3) is 4.23. The zero-order valence-corrected chi connectivity index (χ0v) is 11.8. The van der Waals surface area contributed by atoms with Crippen molar-refractivity contribution in [3.05, 3.63) is 35.4 Å². The predicted octanol–water partition coefficient (Wildman–Crippen LogP) is 2.32. The molecule has 0 radical (unpaired) electrons. The lowest BCUT2D eigenvalue weighted by atomic mass is 9.99. The fourth-order valence-corrected chi connectivity index (χ4v) is 2.63. The van der Waals surface area contributed by atoms with Gasteiger partial charge in [-0.25, -0.2) is 8.78 Å². The van der Waals surface area contributed by atoms with Crippen molar-refractivity contribution in [3.63, 3.8) is 0 Å². The second-order valence-electron chi connectivity index (χ2n) is 5.56. The summed E-state index contributed by atoms with van der Waals surface area (Å²) in [4.78, 5) is 2.15. The van der Waals surface area contributed by atoms with Crippen molar-refractivity contribution in [2.45, 2.75) is 18.9 Å². The molecular formula is C15H22F2N2O. The highest BCUT2D eigenvalue weighted by Gasteiger charge is 2.18. The molecule has 1 saturated heterocycles. The summed E-state index contributed by atoms with van der Waals surface area (Å²) in [6.45, 7) is 3.24. The normalized spacial score (nSPS) is 18.4. The van der Waals surface area contributed by atoms with Crippen molar-refractivity contribution in [2.24, 2.45) is 11.7 Å². The van der Waals surface area contributed by atoms with Gasteiger partial charge in [0, 0.05) is 32.3 Å². The molecule has 2 rings (SSSR count). The Bertz CT molecular complexity index is 436. The summed E-state index contributed by atoms with van der Waals surface area (Å²) >= 11 is 0. The van der Waals surface area contributed by atoms with E-state index in [1.54, 1.807) is 6.07 Å². The Morgan fingerprint density at radius 3 is 2.65 bits per heavy atom. The predicted molar refractivity (Wildman–Crippen MR) is 74.3 cm³/mol. The fourth-order valence-electron chi connectivity index (χ4n) is 2.63. The van der Waals surface area contributed by atoms with Crippen LogP contribution in [-0.2, 0) is 4.74 Å². The van der Waals surface area contributed by atoms with Gasteiger partial charge in [0.1, 0.15) is 0 Å². The minimum Gasteiger partial charge on any atom is -0.381 e. The Labute approximate surface area is 118 Å². The van der Waals surface area contributed by atoms with Gasteiger partial charge in [-0.2, -0.15) is 0 Å². The number of ether oxygens (including phenoxy) is 1. The number of halogens is 2. The Kier molecular flexibility index (Phi) is 5.46. The van der Waals surface area contributed by atoms with Crippen LogP contribution in [0.4, 0.5) is 8.78 Å². The van der Waals surface area contributed by atoms with Crippen LogP contribution in [0.5, 0.6) is 0 Å². The summed E-state index contributed by atoms with van der Waals surface area (Å²) in [6.07, 6.45) is 2.15. The third-order valence-electron chi connectivity index (χ3n) is 3.79. The minimum absolute atomic E-state index is 0.310. The second kappa shape index (κ2) is 7.11. The van der Waals surface area contributed by atoms with Gasteiger partial charge in [-0.15, -0.1) is 0 Å². The smallest absolute Gasteiger partial charge is 0.159 e. The van der Waals surface area contributed by atoms with Gasteiger partial charge in [0.05, 0.1) is 0 Å². The summed E-state index contributed by atoms with van der Waals surface area (Å²) in [6, 6.07) is 3.55. The Balaban J connectivity index is 1.86. The first-order chi connectivity index (χ1) is 9.56. The Morgan fingerprint density at radius 2 is 2.00 bits per heavy atom. The van der Waals surface area contributed by atoms with Gasteiger partial charge >= 0.3 is 0 Å². The molecule has 20 heavy (non-hydrogen) atoms. The van der Waals surface area contributed by atoms with Crippen LogP contribution < -0.4 is 5.73 Å². The maximum absolute atomic E-state index is 13.2. The summed E-state index contributed by atoms with van der Waals surface area (Å²) in [5.41, 5.74) is 6.69. The van der Waals surface area contributed by atoms with E-state index >= 15 is 0 Å². The molecule has 1 heterocycles. The van der Waals surface area contributed by atoms with Crippen LogP contribution >= 0.6 is 0 Å². The van der Waals surface area contributed by atoms with Gasteiger partial charge in [0.2, 0.25) is 0 Å². The molecule has 3 nitrogen and oxygen atoms in total. The van der Waals surface area contributed by atoms with Gasteiger partial charge in [0.25, 0.3) is 0 Å². The van der Waals surface area contributed by atoms with Crippen LogP contribution in [0, 0.1) is 17.6 Å². The number of hydrogen-bond donors (Lipinski definition) is 1. The zero-order valence-electron chi connectivity index (χ0n) is 11.8. The van der Waals surface area contributed by atoms with E-state index in [1.807, 2.05) is 7.05 Å². The summed E-state index contributed by atoms with van der Waals surface area (Å²) in [5.74, 6) is -1.05. The van der Waals surface area contributed by atoms with Crippen molar-refractivity contribution >= 4 is 0 Å². The molecule has 0 aliphatic carbocycles. The SMILES string of the molecule is CN(CC1CCOCC1)CC(N)c1ccc(F)c(F)c1. The monoisotopic (exact) mass is 284 g/mol. The van der Waals surface area contributed by atoms with Crippen LogP contribution in [0.25, 0.3) is 0 Å². The van der Waals surface area contributed by atoms with Gasteiger partial charge in [0.15, 0.2) is 11.6 Å². The van der Waals surface area contributed by atoms with Crippen molar-refractivity contribution in [1.82, 2.24) is 4.90 Å². The first-order valence-corrected chi connectivity index (χ1v) is 7.03. The minimum atomic E-state index is -0.843. The maximum atomic E-state index is 13.2. The number of rotatable bonds is 5. The van der Waals surface area contributed by atoms with Crippen LogP contribution in [0.15, 0.2) is 18.2 Å². The third-order valence-corrected chi connectivity index (χ3v) is 3.79. The van der Waals surface area contributed by atoms with Crippen LogP contribution in [0.2, 0.25) is 0 Å². The van der Waals surface area contributed by atoms with E-state index in [9.17, 15) is 8.78 Å². The number of likely N-dealkylation sites (N-methyl/N-ethyl adjacent to an activating group) is 1. The molecule has 1 aliphatic heterocycles. The van der Waals surface area contributed by atoms with E-state index in [4.69, 9.17) is 10.5 Å². The standard InChI is InChI=1S/C15H22F2N2O/c1-19(9-11-4-6-20-7-5-11)10-15(18)12-2-3-13(16)14(17)8-12/h2-3,8,11,15H,4-7,9-10,18H2,1H3. The molecule has 1 aliphatic rings. The number of hydrogen-bond acceptors (Lipinski definition) is 3. The largest absolute Gasteiger partial charge is 0.381 e. The van der Waals surface area contributed by atoms with Crippen LogP contribution in [0.3, 0.4) is 0 Å². The lowest BCUT2D eigenvalue weighted by Gasteiger charge is -2.28. The first kappa shape index (κ1) is 15.4. The Morgan fingerprint density at radius 1 is 1.30 bits per heavy atom. The molecule has 0 aromatic heterocycles. The van der Waals surface area contributed by atoms with Crippen molar-refractivity contribution in [1.29, 1.82) is 0 Å². The van der Waals surface area contributed by atoms with Gasteiger partial charge in [-0.1, -0.05) is 6.07 Å². The molecule has 1 unspecified atom stereocenters. The van der Waals surface area contributed by atoms with E-state index in [0.717, 1.165) is 38.7 Å². The van der Waals surface area contributed by atoms with Gasteiger partial charge < -0.3 is 15.4 Å². The molecule has 112 valence electrons. The van der Waals surface area contributed by atoms with Gasteiger partial charge in [-0.3, -0.25) is 0 Å². The highest BCUT2D eigenvalue weighted by molar-refractivity contribution is 5.21. The molecule has 1 fully saturated rings. The molecule has 1 atom stereocenters. The van der Waals surface area contributed by atoms with Crippen molar-refractivity contribution in [2.75, 3.05) is 33.4 Å². The average Bonchev–Trinajstić information content (AvgIpc) is 2.42. The molecular weight excluding hydrogens is 262 g/mol. The molecule has 5 heteroatoms. The van der Waals surface area contributed by atoms with Crippen LogP contribution in [0.1, 0.15) is 24.4 Å². The number of benzene rings is 1. The molecule has 2 N–H and O–H groups in total. The molecule has 0 saturated carbocycles.